The van der Waals surface area contributed by atoms with Crippen LogP contribution in [0.4, 0.5) is 0 Å². The van der Waals surface area contributed by atoms with Crippen molar-refractivity contribution < 1.29 is 0 Å². The lowest BCUT2D eigenvalue weighted by Gasteiger charge is -2.40. The molecular weight excluding hydrogens is 332 g/mol. The summed E-state index contributed by atoms with van der Waals surface area (Å²) in [5, 5.41) is 8.38. The van der Waals surface area contributed by atoms with Gasteiger partial charge in [-0.1, -0.05) is 6.92 Å². The molecule has 2 saturated heterocycles. The number of fused-ring (bicyclic) bond motifs is 2. The molecule has 1 aromatic heterocycles. The van der Waals surface area contributed by atoms with Gasteiger partial charge < -0.3 is 10.2 Å². The van der Waals surface area contributed by atoms with Crippen LogP contribution in [0.15, 0.2) is 15.2 Å². The van der Waals surface area contributed by atoms with Gasteiger partial charge in [0.1, 0.15) is 0 Å². The molecule has 0 aromatic carbocycles. The van der Waals surface area contributed by atoms with Gasteiger partial charge in [0.05, 0.1) is 0 Å². The van der Waals surface area contributed by atoms with E-state index in [4.69, 9.17) is 0 Å². The Bertz CT molecular complexity index is 433. The van der Waals surface area contributed by atoms with Crippen LogP contribution in [0.2, 0.25) is 0 Å². The molecule has 2 nitrogen and oxygen atoms in total. The number of piperidine rings is 1. The Kier molecular flexibility index (Phi) is 4.86. The summed E-state index contributed by atoms with van der Waals surface area (Å²) in [5.41, 5.74) is 1.48. The molecule has 112 valence electrons. The average molecular weight is 357 g/mol. The number of thiophene rings is 1. The lowest BCUT2D eigenvalue weighted by Crippen LogP contribution is -2.43. The van der Waals surface area contributed by atoms with E-state index in [0.29, 0.717) is 6.04 Å². The van der Waals surface area contributed by atoms with Crippen molar-refractivity contribution in [3.05, 3.63) is 20.8 Å². The highest BCUT2D eigenvalue weighted by Crippen LogP contribution is 2.44. The molecule has 1 N–H and O–H groups in total. The summed E-state index contributed by atoms with van der Waals surface area (Å²) >= 11 is 5.56. The molecule has 0 saturated carbocycles. The Morgan fingerprint density at radius 2 is 2.05 bits per heavy atom. The van der Waals surface area contributed by atoms with E-state index in [9.17, 15) is 0 Å². The van der Waals surface area contributed by atoms with Crippen molar-refractivity contribution in [3.8, 4) is 0 Å². The van der Waals surface area contributed by atoms with Crippen LogP contribution in [0.25, 0.3) is 0 Å². The molecule has 3 atom stereocenters. The highest BCUT2D eigenvalue weighted by atomic mass is 79.9. The van der Waals surface area contributed by atoms with Gasteiger partial charge in [0.25, 0.3) is 0 Å². The predicted octanol–water partition coefficient (Wildman–Crippen LogP) is 4.42. The van der Waals surface area contributed by atoms with Crippen molar-refractivity contribution in [2.24, 2.45) is 5.92 Å². The van der Waals surface area contributed by atoms with Crippen LogP contribution >= 0.6 is 27.3 Å². The SMILES string of the molecule is CCCNC(c1cscc1Br)C1CC2CCC(C1)N2C. The van der Waals surface area contributed by atoms with Gasteiger partial charge in [0.15, 0.2) is 0 Å². The lowest BCUT2D eigenvalue weighted by molar-refractivity contribution is 0.112. The molecule has 4 heteroatoms. The first-order valence-corrected chi connectivity index (χ1v) is 9.61. The minimum atomic E-state index is 0.535. The van der Waals surface area contributed by atoms with Crippen molar-refractivity contribution in [1.29, 1.82) is 0 Å². The van der Waals surface area contributed by atoms with Gasteiger partial charge in [-0.3, -0.25) is 0 Å². The highest BCUT2D eigenvalue weighted by Gasteiger charge is 2.41. The van der Waals surface area contributed by atoms with Gasteiger partial charge in [0, 0.05) is 28.0 Å². The van der Waals surface area contributed by atoms with Crippen LogP contribution in [-0.2, 0) is 0 Å². The molecule has 0 amide bonds. The molecule has 1 aromatic rings. The molecule has 0 radical (unpaired) electrons. The first-order chi connectivity index (χ1) is 9.70. The standard InChI is InChI=1S/C16H25BrN2S/c1-3-6-18-16(14-9-20-10-15(14)17)11-7-12-4-5-13(8-11)19(12)2/h9-13,16,18H,3-8H2,1-2H3. The predicted molar refractivity (Wildman–Crippen MR) is 90.4 cm³/mol. The smallest absolute Gasteiger partial charge is 0.0369 e. The second-order valence-corrected chi connectivity index (χ2v) is 7.99. The number of hydrogen-bond donors (Lipinski definition) is 1. The highest BCUT2D eigenvalue weighted by molar-refractivity contribution is 9.10. The summed E-state index contributed by atoms with van der Waals surface area (Å²) in [6.45, 7) is 3.37. The molecule has 3 unspecified atom stereocenters. The molecule has 2 bridgehead atoms. The van der Waals surface area contributed by atoms with E-state index >= 15 is 0 Å². The number of rotatable bonds is 5. The van der Waals surface area contributed by atoms with Crippen LogP contribution in [-0.4, -0.2) is 30.6 Å². The van der Waals surface area contributed by atoms with Crippen molar-refractivity contribution >= 4 is 27.3 Å². The van der Waals surface area contributed by atoms with Crippen LogP contribution < -0.4 is 5.32 Å². The Labute approximate surface area is 135 Å². The Balaban J connectivity index is 1.78. The van der Waals surface area contributed by atoms with Gasteiger partial charge in [-0.2, -0.15) is 11.3 Å². The van der Waals surface area contributed by atoms with E-state index < -0.39 is 0 Å². The molecule has 3 rings (SSSR count). The van der Waals surface area contributed by atoms with Crippen molar-refractivity contribution in [3.63, 3.8) is 0 Å². The molecule has 2 fully saturated rings. The maximum atomic E-state index is 3.82. The first kappa shape index (κ1) is 15.0. The van der Waals surface area contributed by atoms with E-state index in [-0.39, 0.29) is 0 Å². The van der Waals surface area contributed by atoms with Crippen molar-refractivity contribution in [2.75, 3.05) is 13.6 Å². The zero-order valence-electron chi connectivity index (χ0n) is 12.4. The average Bonchev–Trinajstić information content (AvgIpc) is 2.92. The topological polar surface area (TPSA) is 15.3 Å². The summed E-state index contributed by atoms with van der Waals surface area (Å²) in [7, 11) is 2.33. The Morgan fingerprint density at radius 1 is 1.35 bits per heavy atom. The van der Waals surface area contributed by atoms with E-state index in [1.807, 2.05) is 11.3 Å². The number of nitrogens with zero attached hydrogens (tertiary/aromatic N) is 1. The minimum Gasteiger partial charge on any atom is -0.310 e. The van der Waals surface area contributed by atoms with Gasteiger partial charge in [-0.05, 0) is 78.5 Å². The van der Waals surface area contributed by atoms with E-state index in [1.165, 1.54) is 42.1 Å². The van der Waals surface area contributed by atoms with Gasteiger partial charge in [-0.15, -0.1) is 0 Å². The molecule has 2 aliphatic rings. The second-order valence-electron chi connectivity index (χ2n) is 6.39. The normalized spacial score (nSPS) is 31.6. The fourth-order valence-corrected chi connectivity index (χ4v) is 5.65. The molecule has 0 spiro atoms. The number of nitrogens with one attached hydrogen (secondary N) is 1. The summed E-state index contributed by atoms with van der Waals surface area (Å²) in [5.74, 6) is 0.793. The largest absolute Gasteiger partial charge is 0.310 e. The monoisotopic (exact) mass is 356 g/mol. The maximum Gasteiger partial charge on any atom is 0.0369 e. The van der Waals surface area contributed by atoms with Crippen LogP contribution in [0.5, 0.6) is 0 Å². The maximum absolute atomic E-state index is 3.82. The van der Waals surface area contributed by atoms with E-state index in [1.54, 1.807) is 0 Å². The third-order valence-corrected chi connectivity index (χ3v) is 6.95. The molecule has 20 heavy (non-hydrogen) atoms. The Morgan fingerprint density at radius 3 is 2.60 bits per heavy atom. The third kappa shape index (κ3) is 2.85. The first-order valence-electron chi connectivity index (χ1n) is 7.87. The Hall–Kier alpha value is 0.1000. The summed E-state index contributed by atoms with van der Waals surface area (Å²) < 4.78 is 1.29. The lowest BCUT2D eigenvalue weighted by atomic mass is 9.82. The van der Waals surface area contributed by atoms with E-state index in [0.717, 1.165) is 24.5 Å². The number of halogens is 1. The van der Waals surface area contributed by atoms with Gasteiger partial charge in [-0.25, -0.2) is 0 Å². The van der Waals surface area contributed by atoms with Crippen molar-refractivity contribution in [1.82, 2.24) is 10.2 Å². The molecule has 3 heterocycles. The quantitative estimate of drug-likeness (QED) is 0.839. The zero-order chi connectivity index (χ0) is 14.1. The minimum absolute atomic E-state index is 0.535. The third-order valence-electron chi connectivity index (χ3n) is 5.20. The summed E-state index contributed by atoms with van der Waals surface area (Å²) in [6.07, 6.45) is 6.73. The fraction of sp³-hybridized carbons (Fsp3) is 0.750. The van der Waals surface area contributed by atoms with E-state index in [2.05, 4.69) is 50.9 Å². The van der Waals surface area contributed by atoms with Crippen molar-refractivity contribution in [2.45, 2.75) is 57.2 Å². The van der Waals surface area contributed by atoms with Crippen LogP contribution in [0, 0.1) is 5.92 Å². The molecular formula is C16H25BrN2S. The van der Waals surface area contributed by atoms with Gasteiger partial charge >= 0.3 is 0 Å². The van der Waals surface area contributed by atoms with Gasteiger partial charge in [0.2, 0.25) is 0 Å². The molecule has 2 aliphatic heterocycles. The number of hydrogen-bond acceptors (Lipinski definition) is 3. The summed E-state index contributed by atoms with van der Waals surface area (Å²) in [6, 6.07) is 2.18. The second kappa shape index (κ2) is 6.47. The molecule has 0 aliphatic carbocycles. The van der Waals surface area contributed by atoms with Crippen LogP contribution in [0.3, 0.4) is 0 Å². The fourth-order valence-electron chi connectivity index (χ4n) is 4.07. The summed E-state index contributed by atoms with van der Waals surface area (Å²) in [4.78, 5) is 2.63. The van der Waals surface area contributed by atoms with Crippen LogP contribution in [0.1, 0.15) is 50.6 Å². The zero-order valence-corrected chi connectivity index (χ0v) is 14.8.